The second-order valence-corrected chi connectivity index (χ2v) is 11.3. The highest BCUT2D eigenvalue weighted by Crippen LogP contribution is 2.55. The maximum atomic E-state index is 14.1. The molecule has 3 heteroatoms. The molecule has 39 heavy (non-hydrogen) atoms. The average molecular weight is 515 g/mol. The van der Waals surface area contributed by atoms with Crippen LogP contribution in [0.4, 0.5) is 0 Å². The van der Waals surface area contributed by atoms with Crippen LogP contribution < -0.4 is 0 Å². The van der Waals surface area contributed by atoms with Gasteiger partial charge in [-0.25, -0.2) is 0 Å². The largest absolute Gasteiger partial charge is 0.287 e. The molecule has 198 valence electrons. The number of fused-ring (bicyclic) bond motifs is 6. The molecule has 0 N–H and O–H groups in total. The zero-order chi connectivity index (χ0) is 26.8. The van der Waals surface area contributed by atoms with Crippen LogP contribution in [0.2, 0.25) is 0 Å². The lowest BCUT2D eigenvalue weighted by Crippen LogP contribution is -2.31. The third-order valence-corrected chi connectivity index (χ3v) is 8.93. The minimum Gasteiger partial charge on any atom is -0.287 e. The van der Waals surface area contributed by atoms with Gasteiger partial charge in [-0.05, 0) is 46.7 Å². The highest BCUT2D eigenvalue weighted by molar-refractivity contribution is 6.60. The number of allylic oxidation sites excluding steroid dienone is 1. The van der Waals surface area contributed by atoms with Crippen molar-refractivity contribution in [2.75, 3.05) is 0 Å². The van der Waals surface area contributed by atoms with E-state index in [1.165, 1.54) is 73.6 Å². The molecule has 0 bridgehead atoms. The summed E-state index contributed by atoms with van der Waals surface area (Å²) in [5.41, 5.74) is 10.1. The van der Waals surface area contributed by atoms with E-state index < -0.39 is 0 Å². The van der Waals surface area contributed by atoms with Crippen molar-refractivity contribution in [3.63, 3.8) is 0 Å². The Morgan fingerprint density at radius 1 is 0.615 bits per heavy atom. The topological polar surface area (TPSA) is 41.8 Å². The molecular formula is C36H38N2O. The monoisotopic (exact) mass is 514 g/mol. The average Bonchev–Trinajstić information content (AvgIpc) is 3.49. The molecule has 0 fully saturated rings. The fraction of sp³-hybridized carbons (Fsp3) is 0.361. The van der Waals surface area contributed by atoms with Gasteiger partial charge in [-0.1, -0.05) is 132 Å². The van der Waals surface area contributed by atoms with Crippen LogP contribution in [0.1, 0.15) is 106 Å². The summed E-state index contributed by atoms with van der Waals surface area (Å²) < 4.78 is 0. The second kappa shape index (κ2) is 10.9. The number of Topliss-reactive ketones (excluding diaryl/α,β-unsaturated/α-hetero) is 1. The van der Waals surface area contributed by atoms with Crippen LogP contribution >= 0.6 is 0 Å². The lowest BCUT2D eigenvalue weighted by atomic mass is 9.68. The van der Waals surface area contributed by atoms with Crippen LogP contribution in [-0.2, 0) is 10.2 Å². The van der Waals surface area contributed by atoms with E-state index >= 15 is 0 Å². The summed E-state index contributed by atoms with van der Waals surface area (Å²) in [5, 5.41) is 9.31. The van der Waals surface area contributed by atoms with Gasteiger partial charge in [0.05, 0.1) is 5.57 Å². The predicted octanol–water partition coefficient (Wildman–Crippen LogP) is 9.07. The highest BCUT2D eigenvalue weighted by atomic mass is 16.1. The lowest BCUT2D eigenvalue weighted by Gasteiger charge is -2.34. The SMILES string of the molecule is CCCCCCC1(CCCCCC)c2ccccc2-c2cccc(C3=NN=C4C(=Cc5ccccc54)C3=O)c21. The van der Waals surface area contributed by atoms with Crippen molar-refractivity contribution in [3.05, 3.63) is 100 Å². The molecule has 3 aliphatic rings. The van der Waals surface area contributed by atoms with Crippen molar-refractivity contribution in [1.29, 1.82) is 0 Å². The quantitative estimate of drug-likeness (QED) is 0.235. The van der Waals surface area contributed by atoms with Gasteiger partial charge in [-0.3, -0.25) is 4.79 Å². The normalized spacial score (nSPS) is 16.2. The fourth-order valence-electron chi connectivity index (χ4n) is 7.05. The van der Waals surface area contributed by atoms with Crippen LogP contribution in [0.5, 0.6) is 0 Å². The summed E-state index contributed by atoms with van der Waals surface area (Å²) in [7, 11) is 0. The molecule has 6 rings (SSSR count). The summed E-state index contributed by atoms with van der Waals surface area (Å²) in [6.07, 6.45) is 14.0. The minimum atomic E-state index is -0.107. The molecule has 0 atom stereocenters. The number of nitrogens with zero attached hydrogens (tertiary/aromatic N) is 2. The van der Waals surface area contributed by atoms with Gasteiger partial charge in [0.2, 0.25) is 5.78 Å². The Bertz CT molecular complexity index is 1490. The number of carbonyl (C=O) groups is 1. The van der Waals surface area contributed by atoms with Gasteiger partial charge in [0, 0.05) is 16.5 Å². The Morgan fingerprint density at radius 3 is 1.97 bits per heavy atom. The van der Waals surface area contributed by atoms with E-state index in [-0.39, 0.29) is 11.2 Å². The second-order valence-electron chi connectivity index (χ2n) is 11.3. The standard InChI is InChI=1S/C36H38N2O/c1-3-5-7-13-22-36(23-14-8-6-4-2)31-21-12-11-18-27(31)28-19-15-20-29(32(28)36)34-35(39)30-24-25-16-9-10-17-26(25)33(30)37-38-34/h9-12,15-21,24H,3-8,13-14,22-23H2,1-2H3. The van der Waals surface area contributed by atoms with Gasteiger partial charge >= 0.3 is 0 Å². The Kier molecular flexibility index (Phi) is 7.16. The number of unbranched alkanes of at least 4 members (excludes halogenated alkanes) is 6. The van der Waals surface area contributed by atoms with Crippen LogP contribution in [0.15, 0.2) is 82.5 Å². The minimum absolute atomic E-state index is 0.00794. The Balaban J connectivity index is 1.49. The lowest BCUT2D eigenvalue weighted by molar-refractivity contribution is -0.109. The van der Waals surface area contributed by atoms with Crippen molar-refractivity contribution < 1.29 is 4.79 Å². The zero-order valence-corrected chi connectivity index (χ0v) is 23.3. The van der Waals surface area contributed by atoms with Crippen LogP contribution in [0, 0.1) is 0 Å². The number of benzene rings is 3. The first-order valence-electron chi connectivity index (χ1n) is 14.9. The Hall–Kier alpha value is -3.59. The zero-order valence-electron chi connectivity index (χ0n) is 23.3. The number of carbonyl (C=O) groups excluding carboxylic acids is 1. The maximum absolute atomic E-state index is 14.1. The molecule has 3 nitrogen and oxygen atoms in total. The molecule has 0 spiro atoms. The van der Waals surface area contributed by atoms with Crippen LogP contribution in [0.3, 0.4) is 0 Å². The highest BCUT2D eigenvalue weighted by Gasteiger charge is 2.45. The first-order valence-corrected chi connectivity index (χ1v) is 14.9. The predicted molar refractivity (Wildman–Crippen MR) is 163 cm³/mol. The van der Waals surface area contributed by atoms with Gasteiger partial charge in [-0.15, -0.1) is 10.2 Å². The van der Waals surface area contributed by atoms with Gasteiger partial charge in [0.25, 0.3) is 0 Å². The molecule has 0 amide bonds. The Labute approximate surface area is 232 Å². The maximum Gasteiger partial charge on any atom is 0.216 e. The van der Waals surface area contributed by atoms with Gasteiger partial charge < -0.3 is 0 Å². The number of rotatable bonds is 11. The third kappa shape index (κ3) is 4.33. The fourth-order valence-corrected chi connectivity index (χ4v) is 7.05. The molecule has 0 saturated heterocycles. The first kappa shape index (κ1) is 25.7. The molecule has 2 aliphatic carbocycles. The molecular weight excluding hydrogens is 476 g/mol. The molecule has 0 unspecified atom stereocenters. The smallest absolute Gasteiger partial charge is 0.216 e. The van der Waals surface area contributed by atoms with Crippen LogP contribution in [0.25, 0.3) is 17.2 Å². The van der Waals surface area contributed by atoms with Crippen molar-refractivity contribution in [3.8, 4) is 11.1 Å². The molecule has 1 aliphatic heterocycles. The van der Waals surface area contributed by atoms with E-state index in [0.29, 0.717) is 17.0 Å². The summed E-state index contributed by atoms with van der Waals surface area (Å²) in [4.78, 5) is 14.1. The molecule has 0 aromatic heterocycles. The van der Waals surface area contributed by atoms with E-state index in [1.807, 2.05) is 30.3 Å². The van der Waals surface area contributed by atoms with Crippen molar-refractivity contribution in [2.45, 2.75) is 83.5 Å². The van der Waals surface area contributed by atoms with Gasteiger partial charge in [0.1, 0.15) is 11.4 Å². The number of ketones is 1. The molecule has 3 aromatic carbocycles. The first-order chi connectivity index (χ1) is 19.2. The van der Waals surface area contributed by atoms with E-state index in [0.717, 1.165) is 29.5 Å². The number of hydrogen-bond acceptors (Lipinski definition) is 3. The van der Waals surface area contributed by atoms with E-state index in [1.54, 1.807) is 0 Å². The molecule has 1 heterocycles. The molecule has 0 radical (unpaired) electrons. The summed E-state index contributed by atoms with van der Waals surface area (Å²) in [5.74, 6) is -0.00794. The molecule has 3 aromatic rings. The van der Waals surface area contributed by atoms with E-state index in [4.69, 9.17) is 0 Å². The third-order valence-electron chi connectivity index (χ3n) is 8.93. The van der Waals surface area contributed by atoms with Crippen molar-refractivity contribution in [1.82, 2.24) is 0 Å². The van der Waals surface area contributed by atoms with Crippen molar-refractivity contribution in [2.24, 2.45) is 10.2 Å². The van der Waals surface area contributed by atoms with E-state index in [2.05, 4.69) is 66.5 Å². The van der Waals surface area contributed by atoms with Gasteiger partial charge in [-0.2, -0.15) is 0 Å². The van der Waals surface area contributed by atoms with E-state index in [9.17, 15) is 4.79 Å². The summed E-state index contributed by atoms with van der Waals surface area (Å²) in [6, 6.07) is 23.5. The Morgan fingerprint density at radius 2 is 1.23 bits per heavy atom. The van der Waals surface area contributed by atoms with Crippen molar-refractivity contribution >= 4 is 23.3 Å². The summed E-state index contributed by atoms with van der Waals surface area (Å²) >= 11 is 0. The summed E-state index contributed by atoms with van der Waals surface area (Å²) in [6.45, 7) is 4.55. The van der Waals surface area contributed by atoms with Crippen LogP contribution in [-0.4, -0.2) is 17.2 Å². The van der Waals surface area contributed by atoms with Gasteiger partial charge in [0.15, 0.2) is 0 Å². The molecule has 0 saturated carbocycles. The number of hydrogen-bond donors (Lipinski definition) is 0.